The second-order valence-electron chi connectivity index (χ2n) is 5.98. The SMILES string of the molecule is CCN1CC[C@H]2CN(CCC(C)C)CCN2C1=O. The maximum absolute atomic E-state index is 12.2. The molecule has 0 N–H and O–H groups in total. The molecular weight excluding hydrogens is 226 g/mol. The van der Waals surface area contributed by atoms with Crippen LogP contribution in [0.1, 0.15) is 33.6 Å². The van der Waals surface area contributed by atoms with E-state index in [4.69, 9.17) is 0 Å². The maximum atomic E-state index is 12.2. The standard InChI is InChI=1S/C14H27N3O/c1-4-16-8-6-13-11-15(7-5-12(2)3)9-10-17(13)14(16)18/h12-13H,4-11H2,1-3H3/t13-/m0/s1. The van der Waals surface area contributed by atoms with Crippen molar-refractivity contribution >= 4 is 6.03 Å². The molecule has 2 heterocycles. The van der Waals surface area contributed by atoms with Crippen LogP contribution in [-0.4, -0.2) is 66.0 Å². The van der Waals surface area contributed by atoms with Crippen molar-refractivity contribution in [1.29, 1.82) is 0 Å². The van der Waals surface area contributed by atoms with Crippen molar-refractivity contribution in [3.05, 3.63) is 0 Å². The highest BCUT2D eigenvalue weighted by molar-refractivity contribution is 5.75. The zero-order chi connectivity index (χ0) is 13.1. The number of urea groups is 1. The molecule has 18 heavy (non-hydrogen) atoms. The molecule has 0 aromatic heterocycles. The molecule has 0 saturated carbocycles. The first kappa shape index (κ1) is 13.7. The van der Waals surface area contributed by atoms with Crippen LogP contribution < -0.4 is 0 Å². The van der Waals surface area contributed by atoms with Gasteiger partial charge in [0, 0.05) is 38.8 Å². The van der Waals surface area contributed by atoms with Crippen molar-refractivity contribution < 1.29 is 4.79 Å². The Bertz CT molecular complexity index is 293. The van der Waals surface area contributed by atoms with E-state index in [1.54, 1.807) is 0 Å². The van der Waals surface area contributed by atoms with Crippen LogP contribution in [0.4, 0.5) is 4.79 Å². The van der Waals surface area contributed by atoms with Crippen LogP contribution >= 0.6 is 0 Å². The third-order valence-electron chi connectivity index (χ3n) is 4.22. The smallest absolute Gasteiger partial charge is 0.320 e. The molecule has 4 nitrogen and oxygen atoms in total. The van der Waals surface area contributed by atoms with E-state index < -0.39 is 0 Å². The van der Waals surface area contributed by atoms with E-state index in [0.29, 0.717) is 6.04 Å². The molecule has 104 valence electrons. The van der Waals surface area contributed by atoms with Crippen LogP contribution in [0.25, 0.3) is 0 Å². The van der Waals surface area contributed by atoms with Crippen LogP contribution in [-0.2, 0) is 0 Å². The van der Waals surface area contributed by atoms with Crippen molar-refractivity contribution in [3.8, 4) is 0 Å². The van der Waals surface area contributed by atoms with Gasteiger partial charge in [0.1, 0.15) is 0 Å². The Balaban J connectivity index is 1.86. The lowest BCUT2D eigenvalue weighted by molar-refractivity contribution is 0.0441. The van der Waals surface area contributed by atoms with Gasteiger partial charge in [0.15, 0.2) is 0 Å². The fourth-order valence-electron chi connectivity index (χ4n) is 2.94. The number of hydrogen-bond donors (Lipinski definition) is 0. The topological polar surface area (TPSA) is 26.8 Å². The Labute approximate surface area is 111 Å². The monoisotopic (exact) mass is 253 g/mol. The van der Waals surface area contributed by atoms with Gasteiger partial charge in [0.25, 0.3) is 0 Å². The first-order chi connectivity index (χ1) is 8.61. The average Bonchev–Trinajstić information content (AvgIpc) is 2.37. The molecule has 0 spiro atoms. The molecule has 2 amide bonds. The summed E-state index contributed by atoms with van der Waals surface area (Å²) in [6.07, 6.45) is 2.40. The largest absolute Gasteiger partial charge is 0.325 e. The number of rotatable bonds is 4. The molecule has 0 aromatic rings. The number of carbonyl (C=O) groups excluding carboxylic acids is 1. The van der Waals surface area contributed by atoms with Crippen LogP contribution in [0.2, 0.25) is 0 Å². The van der Waals surface area contributed by atoms with E-state index in [2.05, 4.69) is 30.6 Å². The Morgan fingerprint density at radius 1 is 1.28 bits per heavy atom. The number of fused-ring (bicyclic) bond motifs is 1. The minimum absolute atomic E-state index is 0.261. The Hall–Kier alpha value is -0.770. The van der Waals surface area contributed by atoms with Crippen molar-refractivity contribution in [2.75, 3.05) is 39.3 Å². The van der Waals surface area contributed by atoms with Crippen molar-refractivity contribution in [3.63, 3.8) is 0 Å². The van der Waals surface area contributed by atoms with Gasteiger partial charge in [-0.05, 0) is 32.2 Å². The molecule has 2 saturated heterocycles. The zero-order valence-corrected chi connectivity index (χ0v) is 12.1. The Morgan fingerprint density at radius 3 is 2.72 bits per heavy atom. The van der Waals surface area contributed by atoms with Crippen LogP contribution in [0, 0.1) is 5.92 Å². The Kier molecular flexibility index (Phi) is 4.49. The first-order valence-electron chi connectivity index (χ1n) is 7.39. The minimum Gasteiger partial charge on any atom is -0.325 e. The fraction of sp³-hybridized carbons (Fsp3) is 0.929. The van der Waals surface area contributed by atoms with Gasteiger partial charge in [0.2, 0.25) is 0 Å². The number of piperazine rings is 1. The number of nitrogens with zero attached hydrogens (tertiary/aromatic N) is 3. The van der Waals surface area contributed by atoms with E-state index >= 15 is 0 Å². The van der Waals surface area contributed by atoms with E-state index in [0.717, 1.165) is 45.1 Å². The molecule has 0 unspecified atom stereocenters. The van der Waals surface area contributed by atoms with E-state index in [9.17, 15) is 4.79 Å². The molecule has 2 fully saturated rings. The minimum atomic E-state index is 0.261. The molecule has 1 atom stereocenters. The fourth-order valence-corrected chi connectivity index (χ4v) is 2.94. The number of amides is 2. The molecular formula is C14H27N3O. The van der Waals surface area contributed by atoms with Crippen LogP contribution in [0.5, 0.6) is 0 Å². The van der Waals surface area contributed by atoms with E-state index in [-0.39, 0.29) is 6.03 Å². The second kappa shape index (κ2) is 5.91. The molecule has 0 aromatic carbocycles. The molecule has 2 aliphatic rings. The Morgan fingerprint density at radius 2 is 2.06 bits per heavy atom. The highest BCUT2D eigenvalue weighted by atomic mass is 16.2. The summed E-state index contributed by atoms with van der Waals surface area (Å²) in [6.45, 7) is 12.6. The third-order valence-corrected chi connectivity index (χ3v) is 4.22. The summed E-state index contributed by atoms with van der Waals surface area (Å²) in [5, 5.41) is 0. The predicted molar refractivity (Wildman–Crippen MR) is 73.6 cm³/mol. The van der Waals surface area contributed by atoms with Gasteiger partial charge < -0.3 is 9.80 Å². The van der Waals surface area contributed by atoms with E-state index in [1.165, 1.54) is 13.0 Å². The molecule has 0 radical (unpaired) electrons. The summed E-state index contributed by atoms with van der Waals surface area (Å²) < 4.78 is 0. The summed E-state index contributed by atoms with van der Waals surface area (Å²) in [7, 11) is 0. The molecule has 4 heteroatoms. The lowest BCUT2D eigenvalue weighted by atomic mass is 10.0. The first-order valence-corrected chi connectivity index (χ1v) is 7.39. The van der Waals surface area contributed by atoms with Crippen molar-refractivity contribution in [1.82, 2.24) is 14.7 Å². The van der Waals surface area contributed by atoms with Gasteiger partial charge >= 0.3 is 6.03 Å². The highest BCUT2D eigenvalue weighted by Gasteiger charge is 2.36. The lowest BCUT2D eigenvalue weighted by Crippen LogP contribution is -2.62. The predicted octanol–water partition coefficient (Wildman–Crippen LogP) is 1.86. The van der Waals surface area contributed by atoms with Gasteiger partial charge in [-0.3, -0.25) is 4.90 Å². The summed E-state index contributed by atoms with van der Waals surface area (Å²) in [5.74, 6) is 0.770. The van der Waals surface area contributed by atoms with Crippen molar-refractivity contribution in [2.24, 2.45) is 5.92 Å². The number of hydrogen-bond acceptors (Lipinski definition) is 2. The van der Waals surface area contributed by atoms with Crippen LogP contribution in [0.3, 0.4) is 0 Å². The van der Waals surface area contributed by atoms with Gasteiger partial charge in [-0.1, -0.05) is 13.8 Å². The maximum Gasteiger partial charge on any atom is 0.320 e. The van der Waals surface area contributed by atoms with Gasteiger partial charge in [-0.2, -0.15) is 0 Å². The van der Waals surface area contributed by atoms with Gasteiger partial charge in [0.05, 0.1) is 0 Å². The zero-order valence-electron chi connectivity index (χ0n) is 12.1. The lowest BCUT2D eigenvalue weighted by Gasteiger charge is -2.47. The summed E-state index contributed by atoms with van der Waals surface area (Å²) in [5.41, 5.74) is 0. The second-order valence-corrected chi connectivity index (χ2v) is 5.98. The number of carbonyl (C=O) groups is 1. The van der Waals surface area contributed by atoms with E-state index in [1.807, 2.05) is 4.90 Å². The molecule has 2 aliphatic heterocycles. The van der Waals surface area contributed by atoms with Gasteiger partial charge in [-0.25, -0.2) is 4.79 Å². The molecule has 2 rings (SSSR count). The summed E-state index contributed by atoms with van der Waals surface area (Å²) in [6, 6.07) is 0.721. The third kappa shape index (κ3) is 2.97. The summed E-state index contributed by atoms with van der Waals surface area (Å²) >= 11 is 0. The average molecular weight is 253 g/mol. The molecule has 0 aliphatic carbocycles. The molecule has 0 bridgehead atoms. The normalized spacial score (nSPS) is 25.8. The highest BCUT2D eigenvalue weighted by Crippen LogP contribution is 2.21. The van der Waals surface area contributed by atoms with Crippen LogP contribution in [0.15, 0.2) is 0 Å². The summed E-state index contributed by atoms with van der Waals surface area (Å²) in [4.78, 5) is 18.8. The van der Waals surface area contributed by atoms with Gasteiger partial charge in [-0.15, -0.1) is 0 Å². The quantitative estimate of drug-likeness (QED) is 0.764. The van der Waals surface area contributed by atoms with Crippen molar-refractivity contribution in [2.45, 2.75) is 39.7 Å².